The van der Waals surface area contributed by atoms with Crippen molar-refractivity contribution in [3.05, 3.63) is 46.7 Å². The average Bonchev–Trinajstić information content (AvgIpc) is 2.36. The quantitative estimate of drug-likeness (QED) is 0.844. The highest BCUT2D eigenvalue weighted by molar-refractivity contribution is 9.11. The van der Waals surface area contributed by atoms with Gasteiger partial charge in [-0.3, -0.25) is 4.79 Å². The van der Waals surface area contributed by atoms with Crippen LogP contribution in [0.15, 0.2) is 35.3 Å². The van der Waals surface area contributed by atoms with Crippen molar-refractivity contribution < 1.29 is 18.7 Å². The molecule has 0 aromatic heterocycles. The third kappa shape index (κ3) is 4.82. The summed E-state index contributed by atoms with van der Waals surface area (Å²) >= 11 is 3.12. The normalized spacial score (nSPS) is 11.5. The molecule has 1 aromatic carbocycles. The Morgan fingerprint density at radius 1 is 1.53 bits per heavy atom. The van der Waals surface area contributed by atoms with Crippen LogP contribution in [-0.2, 0) is 9.53 Å². The number of nitrogens with one attached hydrogen (secondary N) is 1. The van der Waals surface area contributed by atoms with Crippen molar-refractivity contribution in [2.75, 3.05) is 7.11 Å². The number of hydrogen-bond donors (Lipinski definition) is 1. The second-order valence-electron chi connectivity index (χ2n) is 3.78. The molecule has 0 saturated heterocycles. The van der Waals surface area contributed by atoms with Gasteiger partial charge in [-0.15, -0.1) is 0 Å². The van der Waals surface area contributed by atoms with Crippen LogP contribution >= 0.6 is 15.9 Å². The molecule has 1 atom stereocenters. The fourth-order valence-corrected chi connectivity index (χ4v) is 1.75. The van der Waals surface area contributed by atoms with Crippen LogP contribution in [0.3, 0.4) is 0 Å². The van der Waals surface area contributed by atoms with Crippen LogP contribution in [0.1, 0.15) is 16.8 Å². The Balaban J connectivity index is 2.81. The molecule has 1 aromatic rings. The molecule has 19 heavy (non-hydrogen) atoms. The van der Waals surface area contributed by atoms with E-state index in [-0.39, 0.29) is 12.0 Å². The second-order valence-corrected chi connectivity index (χ2v) is 4.90. The van der Waals surface area contributed by atoms with E-state index in [1.807, 2.05) is 0 Å². The van der Waals surface area contributed by atoms with E-state index in [2.05, 4.69) is 32.6 Å². The highest BCUT2D eigenvalue weighted by Crippen LogP contribution is 2.12. The van der Waals surface area contributed by atoms with Crippen molar-refractivity contribution >= 4 is 27.8 Å². The average molecular weight is 330 g/mol. The van der Waals surface area contributed by atoms with Crippen LogP contribution in [0.25, 0.3) is 0 Å². The van der Waals surface area contributed by atoms with E-state index in [0.29, 0.717) is 4.48 Å². The van der Waals surface area contributed by atoms with Gasteiger partial charge in [-0.1, -0.05) is 28.6 Å². The van der Waals surface area contributed by atoms with Gasteiger partial charge < -0.3 is 10.1 Å². The van der Waals surface area contributed by atoms with Crippen LogP contribution in [0.4, 0.5) is 4.39 Å². The molecule has 1 amide bonds. The standard InChI is InChI=1S/C13H13BrFNO3/c1-8(14)6-11(13(18)19-2)16-12(17)9-4-3-5-10(15)7-9/h3-5,7,11H,1,6H2,2H3,(H,16,17)/t11-/m0/s1. The lowest BCUT2D eigenvalue weighted by Gasteiger charge is -2.16. The Morgan fingerprint density at radius 2 is 2.21 bits per heavy atom. The number of methoxy groups -OCH3 is 1. The van der Waals surface area contributed by atoms with Crippen LogP contribution in [0.5, 0.6) is 0 Å². The lowest BCUT2D eigenvalue weighted by molar-refractivity contribution is -0.142. The summed E-state index contributed by atoms with van der Waals surface area (Å²) in [6.07, 6.45) is 0.188. The van der Waals surface area contributed by atoms with Crippen LogP contribution in [0, 0.1) is 5.82 Å². The zero-order chi connectivity index (χ0) is 14.4. The van der Waals surface area contributed by atoms with Gasteiger partial charge in [-0.25, -0.2) is 9.18 Å². The maximum atomic E-state index is 13.0. The SMILES string of the molecule is C=C(Br)C[C@H](NC(=O)c1cccc(F)c1)C(=O)OC. The van der Waals surface area contributed by atoms with E-state index in [0.717, 1.165) is 6.07 Å². The highest BCUT2D eigenvalue weighted by atomic mass is 79.9. The number of amides is 1. The first-order chi connectivity index (χ1) is 8.93. The molecule has 102 valence electrons. The minimum absolute atomic E-state index is 0.133. The van der Waals surface area contributed by atoms with E-state index in [1.165, 1.54) is 25.3 Å². The molecule has 0 aliphatic carbocycles. The van der Waals surface area contributed by atoms with E-state index >= 15 is 0 Å². The monoisotopic (exact) mass is 329 g/mol. The molecule has 1 rings (SSSR count). The van der Waals surface area contributed by atoms with Gasteiger partial charge in [0.05, 0.1) is 7.11 Å². The van der Waals surface area contributed by atoms with Crippen molar-refractivity contribution in [2.45, 2.75) is 12.5 Å². The molecule has 0 aliphatic rings. The third-order valence-corrected chi connectivity index (χ3v) is 2.63. The summed E-state index contributed by atoms with van der Waals surface area (Å²) in [7, 11) is 1.22. The molecule has 0 aliphatic heterocycles. The summed E-state index contributed by atoms with van der Waals surface area (Å²) in [5, 5.41) is 2.47. The largest absolute Gasteiger partial charge is 0.467 e. The fourth-order valence-electron chi connectivity index (χ4n) is 1.43. The molecule has 4 nitrogen and oxygen atoms in total. The number of carbonyl (C=O) groups is 2. The lowest BCUT2D eigenvalue weighted by atomic mass is 10.1. The minimum Gasteiger partial charge on any atom is -0.467 e. The molecule has 0 radical (unpaired) electrons. The number of rotatable bonds is 5. The molecule has 0 saturated carbocycles. The number of carbonyl (C=O) groups excluding carboxylic acids is 2. The predicted octanol–water partition coefficient (Wildman–Crippen LogP) is 2.40. The number of halogens is 2. The van der Waals surface area contributed by atoms with Gasteiger partial charge >= 0.3 is 5.97 Å². The molecule has 6 heteroatoms. The topological polar surface area (TPSA) is 55.4 Å². The van der Waals surface area contributed by atoms with Crippen molar-refractivity contribution in [3.8, 4) is 0 Å². The summed E-state index contributed by atoms with van der Waals surface area (Å²) in [4.78, 5) is 23.4. The van der Waals surface area contributed by atoms with E-state index in [9.17, 15) is 14.0 Å². The van der Waals surface area contributed by atoms with Gasteiger partial charge in [0.25, 0.3) is 5.91 Å². The van der Waals surface area contributed by atoms with Gasteiger partial charge in [0.15, 0.2) is 0 Å². The van der Waals surface area contributed by atoms with E-state index < -0.39 is 23.7 Å². The third-order valence-electron chi connectivity index (χ3n) is 2.30. The van der Waals surface area contributed by atoms with E-state index in [1.54, 1.807) is 0 Å². The van der Waals surface area contributed by atoms with Crippen LogP contribution in [0.2, 0.25) is 0 Å². The van der Waals surface area contributed by atoms with Crippen molar-refractivity contribution in [3.63, 3.8) is 0 Å². The van der Waals surface area contributed by atoms with Gasteiger partial charge in [-0.2, -0.15) is 0 Å². The van der Waals surface area contributed by atoms with Gasteiger partial charge in [-0.05, 0) is 22.7 Å². The smallest absolute Gasteiger partial charge is 0.328 e. The lowest BCUT2D eigenvalue weighted by Crippen LogP contribution is -2.41. The second kappa shape index (κ2) is 7.04. The predicted molar refractivity (Wildman–Crippen MR) is 72.4 cm³/mol. The van der Waals surface area contributed by atoms with Gasteiger partial charge in [0.2, 0.25) is 0 Å². The Morgan fingerprint density at radius 3 is 2.74 bits per heavy atom. The zero-order valence-electron chi connectivity index (χ0n) is 10.3. The number of benzene rings is 1. The summed E-state index contributed by atoms with van der Waals surface area (Å²) in [6.45, 7) is 3.60. The maximum absolute atomic E-state index is 13.0. The Labute approximate surface area is 118 Å². The first-order valence-electron chi connectivity index (χ1n) is 5.41. The molecule has 0 spiro atoms. The highest BCUT2D eigenvalue weighted by Gasteiger charge is 2.22. The Kier molecular flexibility index (Phi) is 5.69. The molecular weight excluding hydrogens is 317 g/mol. The molecule has 0 unspecified atom stereocenters. The van der Waals surface area contributed by atoms with E-state index in [4.69, 9.17) is 0 Å². The van der Waals surface area contributed by atoms with Gasteiger partial charge in [0, 0.05) is 12.0 Å². The summed E-state index contributed by atoms with van der Waals surface area (Å²) in [5.74, 6) is -1.67. The molecule has 0 heterocycles. The molecular formula is C13H13BrFNO3. The number of hydrogen-bond acceptors (Lipinski definition) is 3. The molecule has 1 N–H and O–H groups in total. The fraction of sp³-hybridized carbons (Fsp3) is 0.231. The number of esters is 1. The summed E-state index contributed by atoms with van der Waals surface area (Å²) < 4.78 is 18.1. The summed E-state index contributed by atoms with van der Waals surface area (Å²) in [6, 6.07) is 4.32. The molecule has 0 fully saturated rings. The van der Waals surface area contributed by atoms with Crippen LogP contribution < -0.4 is 5.32 Å². The van der Waals surface area contributed by atoms with Crippen molar-refractivity contribution in [1.82, 2.24) is 5.32 Å². The number of ether oxygens (including phenoxy) is 1. The Hall–Kier alpha value is -1.69. The minimum atomic E-state index is -0.868. The first-order valence-corrected chi connectivity index (χ1v) is 6.21. The van der Waals surface area contributed by atoms with Gasteiger partial charge in [0.1, 0.15) is 11.9 Å². The maximum Gasteiger partial charge on any atom is 0.328 e. The first kappa shape index (κ1) is 15.4. The molecule has 0 bridgehead atoms. The summed E-state index contributed by atoms with van der Waals surface area (Å²) in [5.41, 5.74) is 0.133. The van der Waals surface area contributed by atoms with Crippen LogP contribution in [-0.4, -0.2) is 25.0 Å². The Bertz CT molecular complexity index is 504. The van der Waals surface area contributed by atoms with Crippen molar-refractivity contribution in [1.29, 1.82) is 0 Å². The van der Waals surface area contributed by atoms with Crippen molar-refractivity contribution in [2.24, 2.45) is 0 Å². The zero-order valence-corrected chi connectivity index (χ0v) is 11.9.